The van der Waals surface area contributed by atoms with Crippen molar-refractivity contribution in [2.75, 3.05) is 7.05 Å². The van der Waals surface area contributed by atoms with Crippen LogP contribution in [0.15, 0.2) is 0 Å². The molecular weight excluding hydrogens is 168 g/mol. The van der Waals surface area contributed by atoms with Crippen molar-refractivity contribution in [2.45, 2.75) is 37.5 Å². The van der Waals surface area contributed by atoms with Crippen molar-refractivity contribution in [3.8, 4) is 0 Å². The van der Waals surface area contributed by atoms with Gasteiger partial charge in [-0.05, 0) is 19.3 Å². The fourth-order valence-electron chi connectivity index (χ4n) is 2.91. The molecule has 3 fully saturated rings. The number of hydrogen-bond acceptors (Lipinski definition) is 3. The molecule has 1 amide bonds. The van der Waals surface area contributed by atoms with Crippen LogP contribution in [-0.2, 0) is 9.63 Å². The Labute approximate surface area is 77.2 Å². The number of piperidine rings is 1. The standard InChI is InChI=1S/C9H14N2O2/c1-11-9(12)8-6-3-2-5(10-6)4-7(8)13-11/h5-8,10H,2-4H2,1H3. The van der Waals surface area contributed by atoms with Gasteiger partial charge in [-0.3, -0.25) is 9.63 Å². The molecule has 1 N–H and O–H groups in total. The lowest BCUT2D eigenvalue weighted by molar-refractivity contribution is -0.165. The number of carbonyl (C=O) groups is 1. The summed E-state index contributed by atoms with van der Waals surface area (Å²) in [5, 5.41) is 4.90. The molecule has 4 atom stereocenters. The first-order valence-electron chi connectivity index (χ1n) is 4.96. The van der Waals surface area contributed by atoms with Crippen LogP contribution >= 0.6 is 0 Å². The fourth-order valence-corrected chi connectivity index (χ4v) is 2.91. The van der Waals surface area contributed by atoms with Crippen LogP contribution in [0.2, 0.25) is 0 Å². The van der Waals surface area contributed by atoms with Gasteiger partial charge < -0.3 is 5.32 Å². The molecule has 0 aromatic rings. The minimum absolute atomic E-state index is 0.0868. The maximum Gasteiger partial charge on any atom is 0.253 e. The first-order chi connectivity index (χ1) is 6.25. The van der Waals surface area contributed by atoms with Crippen LogP contribution in [0.5, 0.6) is 0 Å². The van der Waals surface area contributed by atoms with Crippen molar-refractivity contribution < 1.29 is 9.63 Å². The van der Waals surface area contributed by atoms with E-state index in [0.717, 1.165) is 12.8 Å². The van der Waals surface area contributed by atoms with Gasteiger partial charge in [0.15, 0.2) is 0 Å². The van der Waals surface area contributed by atoms with E-state index in [9.17, 15) is 4.79 Å². The Kier molecular flexibility index (Phi) is 1.46. The SMILES string of the molecule is CN1OC2CC3CCC(N3)C2C1=O. The molecule has 4 heteroatoms. The van der Waals surface area contributed by atoms with Crippen molar-refractivity contribution in [3.05, 3.63) is 0 Å². The summed E-state index contributed by atoms with van der Waals surface area (Å²) in [6.07, 6.45) is 3.49. The fraction of sp³-hybridized carbons (Fsp3) is 0.889. The Balaban J connectivity index is 1.90. The topological polar surface area (TPSA) is 41.6 Å². The van der Waals surface area contributed by atoms with E-state index in [1.165, 1.54) is 11.5 Å². The number of fused-ring (bicyclic) bond motifs is 4. The van der Waals surface area contributed by atoms with Crippen LogP contribution in [0.1, 0.15) is 19.3 Å². The lowest BCUT2D eigenvalue weighted by Gasteiger charge is -2.28. The molecule has 4 unspecified atom stereocenters. The Morgan fingerprint density at radius 3 is 3.23 bits per heavy atom. The molecule has 0 aromatic heterocycles. The molecule has 0 aromatic carbocycles. The highest BCUT2D eigenvalue weighted by Gasteiger charge is 2.51. The van der Waals surface area contributed by atoms with E-state index in [1.54, 1.807) is 7.05 Å². The second-order valence-electron chi connectivity index (χ2n) is 4.29. The molecule has 0 saturated carbocycles. The largest absolute Gasteiger partial charge is 0.310 e. The highest BCUT2D eigenvalue weighted by atomic mass is 16.7. The van der Waals surface area contributed by atoms with E-state index < -0.39 is 0 Å². The van der Waals surface area contributed by atoms with Crippen LogP contribution in [0, 0.1) is 5.92 Å². The van der Waals surface area contributed by atoms with Gasteiger partial charge in [0, 0.05) is 19.1 Å². The number of hydroxylamine groups is 2. The van der Waals surface area contributed by atoms with Gasteiger partial charge in [0.25, 0.3) is 5.91 Å². The number of hydrogen-bond donors (Lipinski definition) is 1. The van der Waals surface area contributed by atoms with E-state index in [4.69, 9.17) is 4.84 Å². The summed E-state index contributed by atoms with van der Waals surface area (Å²) in [6.45, 7) is 0. The molecule has 2 bridgehead atoms. The zero-order valence-corrected chi connectivity index (χ0v) is 7.69. The van der Waals surface area contributed by atoms with Crippen molar-refractivity contribution in [1.29, 1.82) is 0 Å². The molecule has 3 heterocycles. The van der Waals surface area contributed by atoms with E-state index >= 15 is 0 Å². The average molecular weight is 182 g/mol. The molecule has 3 rings (SSSR count). The summed E-state index contributed by atoms with van der Waals surface area (Å²) in [5.74, 6) is 0.242. The first-order valence-corrected chi connectivity index (χ1v) is 4.96. The Morgan fingerprint density at radius 2 is 2.38 bits per heavy atom. The molecule has 3 aliphatic heterocycles. The monoisotopic (exact) mass is 182 g/mol. The molecule has 0 spiro atoms. The van der Waals surface area contributed by atoms with Crippen LogP contribution in [0.25, 0.3) is 0 Å². The van der Waals surface area contributed by atoms with Gasteiger partial charge >= 0.3 is 0 Å². The van der Waals surface area contributed by atoms with Gasteiger partial charge in [0.1, 0.15) is 6.10 Å². The minimum Gasteiger partial charge on any atom is -0.310 e. The quantitative estimate of drug-likeness (QED) is 0.568. The van der Waals surface area contributed by atoms with E-state index in [2.05, 4.69) is 5.32 Å². The lowest BCUT2D eigenvalue weighted by Crippen LogP contribution is -2.48. The van der Waals surface area contributed by atoms with Crippen molar-refractivity contribution in [1.82, 2.24) is 10.4 Å². The highest BCUT2D eigenvalue weighted by Crippen LogP contribution is 2.38. The molecular formula is C9H14N2O2. The summed E-state index contributed by atoms with van der Waals surface area (Å²) < 4.78 is 0. The van der Waals surface area contributed by atoms with E-state index in [0.29, 0.717) is 12.1 Å². The zero-order chi connectivity index (χ0) is 9.00. The maximum atomic E-state index is 11.7. The smallest absolute Gasteiger partial charge is 0.253 e. The summed E-state index contributed by atoms with van der Waals surface area (Å²) >= 11 is 0. The number of rotatable bonds is 0. The number of amides is 1. The van der Waals surface area contributed by atoms with Crippen LogP contribution in [0.3, 0.4) is 0 Å². The second-order valence-corrected chi connectivity index (χ2v) is 4.29. The van der Waals surface area contributed by atoms with Gasteiger partial charge in [-0.2, -0.15) is 0 Å². The third-order valence-electron chi connectivity index (χ3n) is 3.52. The lowest BCUT2D eigenvalue weighted by atomic mass is 9.89. The summed E-state index contributed by atoms with van der Waals surface area (Å²) in [4.78, 5) is 17.2. The second kappa shape index (κ2) is 2.45. The van der Waals surface area contributed by atoms with E-state index in [-0.39, 0.29) is 17.9 Å². The van der Waals surface area contributed by atoms with Crippen LogP contribution < -0.4 is 5.32 Å². The molecule has 4 nitrogen and oxygen atoms in total. The number of nitrogens with one attached hydrogen (secondary N) is 1. The molecule has 72 valence electrons. The van der Waals surface area contributed by atoms with Crippen LogP contribution in [0.4, 0.5) is 0 Å². The Bertz CT molecular complexity index is 256. The van der Waals surface area contributed by atoms with Crippen molar-refractivity contribution in [3.63, 3.8) is 0 Å². The highest BCUT2D eigenvalue weighted by molar-refractivity contribution is 5.80. The Hall–Kier alpha value is -0.610. The van der Waals surface area contributed by atoms with Crippen molar-refractivity contribution >= 4 is 5.91 Å². The molecule has 13 heavy (non-hydrogen) atoms. The maximum absolute atomic E-state index is 11.7. The third kappa shape index (κ3) is 0.957. The van der Waals surface area contributed by atoms with Crippen molar-refractivity contribution in [2.24, 2.45) is 5.92 Å². The van der Waals surface area contributed by atoms with Crippen LogP contribution in [-0.4, -0.2) is 36.2 Å². The van der Waals surface area contributed by atoms with Gasteiger partial charge in [-0.1, -0.05) is 0 Å². The summed E-state index contributed by atoms with van der Waals surface area (Å²) in [5.41, 5.74) is 0. The van der Waals surface area contributed by atoms with E-state index in [1.807, 2.05) is 0 Å². The molecule has 0 aliphatic carbocycles. The minimum atomic E-state index is 0.0868. The number of nitrogens with zero attached hydrogens (tertiary/aromatic N) is 1. The third-order valence-corrected chi connectivity index (χ3v) is 3.52. The summed E-state index contributed by atoms with van der Waals surface area (Å²) in [7, 11) is 1.72. The molecule has 3 aliphatic rings. The predicted molar refractivity (Wildman–Crippen MR) is 45.7 cm³/mol. The first kappa shape index (κ1) is 7.76. The average Bonchev–Trinajstić information content (AvgIpc) is 2.59. The van der Waals surface area contributed by atoms with Gasteiger partial charge in [-0.25, -0.2) is 5.06 Å². The van der Waals surface area contributed by atoms with Gasteiger partial charge in [0.2, 0.25) is 0 Å². The predicted octanol–water partition coefficient (Wildman–Crippen LogP) is -0.101. The van der Waals surface area contributed by atoms with Gasteiger partial charge in [-0.15, -0.1) is 0 Å². The zero-order valence-electron chi connectivity index (χ0n) is 7.69. The normalized spacial score (nSPS) is 48.4. The number of carbonyl (C=O) groups excluding carboxylic acids is 1. The Morgan fingerprint density at radius 1 is 1.54 bits per heavy atom. The molecule has 3 saturated heterocycles. The summed E-state index contributed by atoms with van der Waals surface area (Å²) in [6, 6.07) is 0.965. The molecule has 0 radical (unpaired) electrons. The van der Waals surface area contributed by atoms with Gasteiger partial charge in [0.05, 0.1) is 5.92 Å².